The highest BCUT2D eigenvalue weighted by molar-refractivity contribution is 5.79. The second-order valence-electron chi connectivity index (χ2n) is 7.78. The van der Waals surface area contributed by atoms with E-state index in [1.54, 1.807) is 0 Å². The Morgan fingerprint density at radius 2 is 1.76 bits per heavy atom. The van der Waals surface area contributed by atoms with Crippen LogP contribution in [0.15, 0.2) is 0 Å². The smallest absolute Gasteiger partial charge is 0.324 e. The van der Waals surface area contributed by atoms with Gasteiger partial charge in [0.1, 0.15) is 5.54 Å². The Morgan fingerprint density at radius 1 is 1.10 bits per heavy atom. The molecule has 0 spiro atoms. The molecule has 2 aliphatic carbocycles. The lowest BCUT2D eigenvalue weighted by Gasteiger charge is -2.46. The van der Waals surface area contributed by atoms with E-state index < -0.39 is 11.5 Å². The average molecular weight is 295 g/mol. The number of hydrogen-bond acceptors (Lipinski definition) is 2. The van der Waals surface area contributed by atoms with Gasteiger partial charge >= 0.3 is 5.97 Å². The van der Waals surface area contributed by atoms with Gasteiger partial charge in [0.2, 0.25) is 0 Å². The number of rotatable bonds is 5. The Bertz CT molecular complexity index is 349. The molecule has 0 saturated heterocycles. The fourth-order valence-electron chi connectivity index (χ4n) is 4.70. The van der Waals surface area contributed by atoms with Crippen molar-refractivity contribution in [1.82, 2.24) is 5.32 Å². The first-order chi connectivity index (χ1) is 9.96. The van der Waals surface area contributed by atoms with Gasteiger partial charge in [-0.2, -0.15) is 0 Å². The third-order valence-corrected chi connectivity index (χ3v) is 5.89. The third-order valence-electron chi connectivity index (χ3n) is 5.89. The van der Waals surface area contributed by atoms with Crippen LogP contribution < -0.4 is 5.32 Å². The maximum atomic E-state index is 12.3. The molecule has 1 unspecified atom stereocenters. The molecule has 2 N–H and O–H groups in total. The lowest BCUT2D eigenvalue weighted by Crippen LogP contribution is -2.64. The van der Waals surface area contributed by atoms with E-state index in [0.29, 0.717) is 12.0 Å². The van der Waals surface area contributed by atoms with Crippen molar-refractivity contribution >= 4 is 5.97 Å². The van der Waals surface area contributed by atoms with Gasteiger partial charge in [-0.05, 0) is 43.4 Å². The van der Waals surface area contributed by atoms with E-state index in [-0.39, 0.29) is 5.92 Å². The molecule has 2 fully saturated rings. The van der Waals surface area contributed by atoms with E-state index in [2.05, 4.69) is 26.1 Å². The van der Waals surface area contributed by atoms with E-state index in [4.69, 9.17) is 0 Å². The molecule has 3 nitrogen and oxygen atoms in total. The van der Waals surface area contributed by atoms with Crippen molar-refractivity contribution < 1.29 is 9.90 Å². The maximum absolute atomic E-state index is 12.3. The standard InChI is InChI=1S/C18H33NO2/c1-13(2)18(17(20)21,15-9-5-4-6-10-15)19-16-11-7-8-14(3)12-16/h13-16,19H,4-12H2,1-3H3,(H,20,21)/t14-,16?,18-/m0/s1. The minimum Gasteiger partial charge on any atom is -0.480 e. The molecule has 0 bridgehead atoms. The van der Waals surface area contributed by atoms with Gasteiger partial charge in [-0.3, -0.25) is 10.1 Å². The second kappa shape index (κ2) is 7.13. The summed E-state index contributed by atoms with van der Waals surface area (Å²) in [6, 6.07) is 0.383. The van der Waals surface area contributed by atoms with Gasteiger partial charge in [0.15, 0.2) is 0 Å². The molecule has 3 atom stereocenters. The van der Waals surface area contributed by atoms with Gasteiger partial charge in [0.05, 0.1) is 0 Å². The number of nitrogens with one attached hydrogen (secondary N) is 1. The minimum atomic E-state index is -0.720. The summed E-state index contributed by atoms with van der Waals surface area (Å²) >= 11 is 0. The van der Waals surface area contributed by atoms with Crippen LogP contribution in [-0.4, -0.2) is 22.7 Å². The van der Waals surface area contributed by atoms with E-state index in [0.717, 1.165) is 31.6 Å². The lowest BCUT2D eigenvalue weighted by atomic mass is 9.68. The van der Waals surface area contributed by atoms with Crippen molar-refractivity contribution in [1.29, 1.82) is 0 Å². The van der Waals surface area contributed by atoms with Crippen LogP contribution in [0.2, 0.25) is 0 Å². The maximum Gasteiger partial charge on any atom is 0.324 e. The molecule has 0 aromatic carbocycles. The Kier molecular flexibility index (Phi) is 5.70. The molecule has 0 amide bonds. The molecule has 0 aromatic heterocycles. The van der Waals surface area contributed by atoms with Crippen LogP contribution in [0.25, 0.3) is 0 Å². The molecule has 0 heterocycles. The van der Waals surface area contributed by atoms with Gasteiger partial charge in [-0.15, -0.1) is 0 Å². The van der Waals surface area contributed by atoms with Gasteiger partial charge in [0.25, 0.3) is 0 Å². The van der Waals surface area contributed by atoms with E-state index >= 15 is 0 Å². The molecule has 2 aliphatic rings. The molecular weight excluding hydrogens is 262 g/mol. The lowest BCUT2D eigenvalue weighted by molar-refractivity contribution is -0.152. The van der Waals surface area contributed by atoms with Gasteiger partial charge < -0.3 is 5.11 Å². The summed E-state index contributed by atoms with van der Waals surface area (Å²) in [5, 5.41) is 13.7. The zero-order chi connectivity index (χ0) is 15.5. The molecule has 0 radical (unpaired) electrons. The monoisotopic (exact) mass is 295 g/mol. The van der Waals surface area contributed by atoms with Crippen molar-refractivity contribution in [3.05, 3.63) is 0 Å². The highest BCUT2D eigenvalue weighted by Crippen LogP contribution is 2.39. The summed E-state index contributed by atoms with van der Waals surface area (Å²) in [6.07, 6.45) is 10.6. The van der Waals surface area contributed by atoms with Gasteiger partial charge in [-0.25, -0.2) is 0 Å². The summed E-state index contributed by atoms with van der Waals surface area (Å²) in [7, 11) is 0. The largest absolute Gasteiger partial charge is 0.480 e. The Labute approximate surface area is 129 Å². The SMILES string of the molecule is CC(C)[C@@](NC1CCC[C@H](C)C1)(C(=O)O)C1CCCCC1. The van der Waals surface area contributed by atoms with Crippen LogP contribution in [0.3, 0.4) is 0 Å². The summed E-state index contributed by atoms with van der Waals surface area (Å²) in [6.45, 7) is 6.47. The fourth-order valence-corrected chi connectivity index (χ4v) is 4.70. The van der Waals surface area contributed by atoms with Crippen LogP contribution in [0.5, 0.6) is 0 Å². The van der Waals surface area contributed by atoms with Crippen molar-refractivity contribution in [2.75, 3.05) is 0 Å². The Balaban J connectivity index is 2.19. The third kappa shape index (κ3) is 3.61. The molecule has 3 heteroatoms. The zero-order valence-corrected chi connectivity index (χ0v) is 14.0. The van der Waals surface area contributed by atoms with E-state index in [9.17, 15) is 9.90 Å². The number of carbonyl (C=O) groups is 1. The molecule has 0 aliphatic heterocycles. The van der Waals surface area contributed by atoms with Gasteiger partial charge in [-0.1, -0.05) is 52.9 Å². The number of carboxylic acids is 1. The number of aliphatic carboxylic acids is 1. The summed E-state index contributed by atoms with van der Waals surface area (Å²) in [5.41, 5.74) is -0.720. The molecular formula is C18H33NO2. The van der Waals surface area contributed by atoms with Crippen LogP contribution >= 0.6 is 0 Å². The Hall–Kier alpha value is -0.570. The molecule has 0 aromatic rings. The first-order valence-corrected chi connectivity index (χ1v) is 8.98. The predicted octanol–water partition coefficient (Wildman–Crippen LogP) is 4.21. The zero-order valence-electron chi connectivity index (χ0n) is 14.0. The van der Waals surface area contributed by atoms with Gasteiger partial charge in [0, 0.05) is 6.04 Å². The highest BCUT2D eigenvalue weighted by Gasteiger charge is 2.49. The molecule has 122 valence electrons. The van der Waals surface area contributed by atoms with Crippen molar-refractivity contribution in [3.63, 3.8) is 0 Å². The van der Waals surface area contributed by atoms with Crippen LogP contribution in [0.1, 0.15) is 78.6 Å². The minimum absolute atomic E-state index is 0.135. The quantitative estimate of drug-likeness (QED) is 0.798. The van der Waals surface area contributed by atoms with Crippen molar-refractivity contribution in [2.45, 2.75) is 90.1 Å². The first kappa shape index (κ1) is 16.8. The molecule has 2 rings (SSSR count). The van der Waals surface area contributed by atoms with Crippen LogP contribution in [0.4, 0.5) is 0 Å². The number of carboxylic acid groups (broad SMARTS) is 1. The highest BCUT2D eigenvalue weighted by atomic mass is 16.4. The van der Waals surface area contributed by atoms with Crippen LogP contribution in [-0.2, 0) is 4.79 Å². The topological polar surface area (TPSA) is 49.3 Å². The summed E-state index contributed by atoms with van der Waals surface area (Å²) in [4.78, 5) is 12.3. The normalized spacial score (nSPS) is 31.0. The van der Waals surface area contributed by atoms with E-state index in [1.165, 1.54) is 32.1 Å². The summed E-state index contributed by atoms with van der Waals surface area (Å²) in [5.74, 6) is 0.528. The van der Waals surface area contributed by atoms with E-state index in [1.807, 2.05) is 0 Å². The molecule has 21 heavy (non-hydrogen) atoms. The predicted molar refractivity (Wildman–Crippen MR) is 86.3 cm³/mol. The number of hydrogen-bond donors (Lipinski definition) is 2. The molecule has 2 saturated carbocycles. The van der Waals surface area contributed by atoms with Crippen LogP contribution in [0, 0.1) is 17.8 Å². The second-order valence-corrected chi connectivity index (χ2v) is 7.78. The summed E-state index contributed by atoms with van der Waals surface area (Å²) < 4.78 is 0. The van der Waals surface area contributed by atoms with Crippen molar-refractivity contribution in [2.24, 2.45) is 17.8 Å². The average Bonchev–Trinajstić information content (AvgIpc) is 2.45. The van der Waals surface area contributed by atoms with Crippen molar-refractivity contribution in [3.8, 4) is 0 Å². The fraction of sp³-hybridized carbons (Fsp3) is 0.944. The first-order valence-electron chi connectivity index (χ1n) is 8.98. The Morgan fingerprint density at radius 3 is 2.29 bits per heavy atom.